The zero-order chi connectivity index (χ0) is 13.7. The van der Waals surface area contributed by atoms with E-state index in [9.17, 15) is 8.42 Å². The quantitative estimate of drug-likeness (QED) is 0.709. The molecule has 1 saturated carbocycles. The highest BCUT2D eigenvalue weighted by atomic mass is 32.2. The molecule has 0 bridgehead atoms. The van der Waals surface area contributed by atoms with Crippen molar-refractivity contribution in [3.63, 3.8) is 0 Å². The van der Waals surface area contributed by atoms with Crippen LogP contribution in [0.5, 0.6) is 0 Å². The highest BCUT2D eigenvalue weighted by Gasteiger charge is 2.21. The summed E-state index contributed by atoms with van der Waals surface area (Å²) >= 11 is 0. The topological polar surface area (TPSA) is 59.3 Å². The van der Waals surface area contributed by atoms with Gasteiger partial charge >= 0.3 is 0 Å². The lowest BCUT2D eigenvalue weighted by Crippen LogP contribution is -2.14. The van der Waals surface area contributed by atoms with E-state index in [1.165, 1.54) is 12.8 Å². The van der Waals surface area contributed by atoms with Crippen molar-refractivity contribution < 1.29 is 12.8 Å². The summed E-state index contributed by atoms with van der Waals surface area (Å²) in [5.74, 6) is 1.67. The average molecular weight is 285 g/mol. The van der Waals surface area contributed by atoms with Crippen LogP contribution in [0, 0.1) is 0 Å². The van der Waals surface area contributed by atoms with Crippen LogP contribution in [0.2, 0.25) is 0 Å². The number of hydrogen-bond donors (Lipinski definition) is 1. The molecule has 0 aromatic carbocycles. The van der Waals surface area contributed by atoms with Crippen molar-refractivity contribution in [2.24, 2.45) is 0 Å². The van der Waals surface area contributed by atoms with Gasteiger partial charge < -0.3 is 9.73 Å². The van der Waals surface area contributed by atoms with Crippen molar-refractivity contribution in [2.75, 3.05) is 5.75 Å². The van der Waals surface area contributed by atoms with Crippen LogP contribution in [0.1, 0.15) is 50.5 Å². The lowest BCUT2D eigenvalue weighted by atomic mass is 10.3. The summed E-state index contributed by atoms with van der Waals surface area (Å²) in [6, 6.07) is 4.28. The summed E-state index contributed by atoms with van der Waals surface area (Å²) in [5.41, 5.74) is 0. The second-order valence-electron chi connectivity index (χ2n) is 5.32. The molecule has 1 aromatic rings. The number of sulfone groups is 1. The predicted octanol–water partition coefficient (Wildman–Crippen LogP) is 2.64. The summed E-state index contributed by atoms with van der Waals surface area (Å²) in [7, 11) is -3.03. The van der Waals surface area contributed by atoms with Crippen LogP contribution in [0.4, 0.5) is 0 Å². The molecule has 0 amide bonds. The second kappa shape index (κ2) is 6.57. The van der Waals surface area contributed by atoms with Crippen molar-refractivity contribution in [2.45, 2.75) is 57.4 Å². The second-order valence-corrected chi connectivity index (χ2v) is 7.51. The first-order valence-corrected chi connectivity index (χ1v) is 8.92. The van der Waals surface area contributed by atoms with Gasteiger partial charge in [0.1, 0.15) is 17.3 Å². The maximum atomic E-state index is 11.9. The van der Waals surface area contributed by atoms with Crippen molar-refractivity contribution >= 4 is 9.84 Å². The fourth-order valence-electron chi connectivity index (χ4n) is 1.99. The third-order valence-electron chi connectivity index (χ3n) is 3.28. The molecule has 1 N–H and O–H groups in total. The fraction of sp³-hybridized carbons (Fsp3) is 0.714. The van der Waals surface area contributed by atoms with Crippen LogP contribution in [0.25, 0.3) is 0 Å². The number of hydrogen-bond acceptors (Lipinski definition) is 4. The molecule has 19 heavy (non-hydrogen) atoms. The van der Waals surface area contributed by atoms with E-state index >= 15 is 0 Å². The zero-order valence-electron chi connectivity index (χ0n) is 11.5. The maximum Gasteiger partial charge on any atom is 0.157 e. The Labute approximate surface area is 115 Å². The molecule has 1 aliphatic carbocycles. The predicted molar refractivity (Wildman–Crippen MR) is 75.6 cm³/mol. The van der Waals surface area contributed by atoms with Gasteiger partial charge in [0.2, 0.25) is 0 Å². The molecule has 1 fully saturated rings. The van der Waals surface area contributed by atoms with Gasteiger partial charge in [0.05, 0.1) is 12.3 Å². The van der Waals surface area contributed by atoms with Gasteiger partial charge in [-0.15, -0.1) is 0 Å². The highest BCUT2D eigenvalue weighted by molar-refractivity contribution is 7.90. The molecule has 5 heteroatoms. The van der Waals surface area contributed by atoms with E-state index in [2.05, 4.69) is 12.2 Å². The Kier molecular flexibility index (Phi) is 5.05. The third-order valence-corrected chi connectivity index (χ3v) is 4.92. The number of rotatable bonds is 9. The van der Waals surface area contributed by atoms with Crippen LogP contribution in [-0.2, 0) is 22.1 Å². The van der Waals surface area contributed by atoms with Crippen LogP contribution in [-0.4, -0.2) is 20.2 Å². The SMILES string of the molecule is CCCCCS(=O)(=O)Cc1ccc(CNC2CC2)o1. The van der Waals surface area contributed by atoms with Crippen molar-refractivity contribution in [1.29, 1.82) is 0 Å². The molecule has 0 spiro atoms. The Hall–Kier alpha value is -0.810. The van der Waals surface area contributed by atoms with Crippen LogP contribution < -0.4 is 5.32 Å². The first-order chi connectivity index (χ1) is 9.09. The van der Waals surface area contributed by atoms with E-state index in [0.717, 1.165) is 25.0 Å². The molecule has 1 heterocycles. The Balaban J connectivity index is 1.80. The Bertz CT molecular complexity index is 489. The third kappa shape index (κ3) is 5.37. The molecule has 0 radical (unpaired) electrons. The summed E-state index contributed by atoms with van der Waals surface area (Å²) in [5, 5.41) is 3.35. The minimum atomic E-state index is -3.03. The minimum Gasteiger partial charge on any atom is -0.464 e. The molecule has 4 nitrogen and oxygen atoms in total. The van der Waals surface area contributed by atoms with E-state index in [0.29, 0.717) is 18.3 Å². The van der Waals surface area contributed by atoms with Gasteiger partial charge in [0.25, 0.3) is 0 Å². The Morgan fingerprint density at radius 3 is 2.68 bits per heavy atom. The Morgan fingerprint density at radius 2 is 2.00 bits per heavy atom. The fourth-order valence-corrected chi connectivity index (χ4v) is 3.37. The molecule has 0 saturated heterocycles. The standard InChI is InChI=1S/C14H23NO3S/c1-2-3-4-9-19(16,17)11-14-8-7-13(18-14)10-15-12-5-6-12/h7-8,12,15H,2-6,9-11H2,1H3. The molecule has 2 rings (SSSR count). The maximum absolute atomic E-state index is 11.9. The summed E-state index contributed by atoms with van der Waals surface area (Å²) in [6.07, 6.45) is 5.22. The molecule has 108 valence electrons. The lowest BCUT2D eigenvalue weighted by molar-refractivity contribution is 0.455. The Morgan fingerprint density at radius 1 is 1.26 bits per heavy atom. The normalized spacial score (nSPS) is 15.8. The first-order valence-electron chi connectivity index (χ1n) is 7.10. The van der Waals surface area contributed by atoms with Crippen LogP contribution in [0.3, 0.4) is 0 Å². The van der Waals surface area contributed by atoms with Gasteiger partial charge in [-0.3, -0.25) is 0 Å². The van der Waals surface area contributed by atoms with Gasteiger partial charge in [-0.2, -0.15) is 0 Å². The largest absolute Gasteiger partial charge is 0.464 e. The molecule has 0 unspecified atom stereocenters. The minimum absolute atomic E-state index is 0.0279. The van der Waals surface area contributed by atoms with Crippen LogP contribution >= 0.6 is 0 Å². The van der Waals surface area contributed by atoms with Gasteiger partial charge in [-0.25, -0.2) is 8.42 Å². The van der Waals surface area contributed by atoms with Gasteiger partial charge in [0, 0.05) is 6.04 Å². The molecule has 1 aromatic heterocycles. The summed E-state index contributed by atoms with van der Waals surface area (Å²) < 4.78 is 29.3. The molecule has 1 aliphatic rings. The van der Waals surface area contributed by atoms with Gasteiger partial charge in [-0.05, 0) is 31.4 Å². The van der Waals surface area contributed by atoms with E-state index in [1.54, 1.807) is 6.07 Å². The highest BCUT2D eigenvalue weighted by Crippen LogP contribution is 2.20. The van der Waals surface area contributed by atoms with E-state index < -0.39 is 9.84 Å². The molecule has 0 atom stereocenters. The number of nitrogens with one attached hydrogen (secondary N) is 1. The monoisotopic (exact) mass is 285 g/mol. The molecule has 0 aliphatic heterocycles. The average Bonchev–Trinajstić information content (AvgIpc) is 3.08. The molecular weight excluding hydrogens is 262 g/mol. The lowest BCUT2D eigenvalue weighted by Gasteiger charge is -2.02. The van der Waals surface area contributed by atoms with E-state index in [1.807, 2.05) is 6.07 Å². The van der Waals surface area contributed by atoms with E-state index in [4.69, 9.17) is 4.42 Å². The van der Waals surface area contributed by atoms with Gasteiger partial charge in [0.15, 0.2) is 9.84 Å². The summed E-state index contributed by atoms with van der Waals surface area (Å²) in [6.45, 7) is 2.76. The van der Waals surface area contributed by atoms with Crippen molar-refractivity contribution in [3.8, 4) is 0 Å². The summed E-state index contributed by atoms with van der Waals surface area (Å²) in [4.78, 5) is 0. The van der Waals surface area contributed by atoms with Crippen molar-refractivity contribution in [3.05, 3.63) is 23.7 Å². The van der Waals surface area contributed by atoms with E-state index in [-0.39, 0.29) is 11.5 Å². The van der Waals surface area contributed by atoms with Crippen molar-refractivity contribution in [1.82, 2.24) is 5.32 Å². The molecular formula is C14H23NO3S. The smallest absolute Gasteiger partial charge is 0.157 e. The number of furan rings is 1. The van der Waals surface area contributed by atoms with Crippen LogP contribution in [0.15, 0.2) is 16.5 Å². The van der Waals surface area contributed by atoms with Gasteiger partial charge in [-0.1, -0.05) is 19.8 Å². The first kappa shape index (κ1) is 14.6. The zero-order valence-corrected chi connectivity index (χ0v) is 12.3. The number of unbranched alkanes of at least 4 members (excludes halogenated alkanes) is 2.